The van der Waals surface area contributed by atoms with Crippen molar-refractivity contribution in [3.63, 3.8) is 0 Å². The summed E-state index contributed by atoms with van der Waals surface area (Å²) in [6, 6.07) is -1.32. The lowest BCUT2D eigenvalue weighted by molar-refractivity contribution is -0.130. The Bertz CT molecular complexity index is 234. The van der Waals surface area contributed by atoms with E-state index in [1.807, 2.05) is 0 Å². The van der Waals surface area contributed by atoms with E-state index in [-0.39, 0.29) is 12.7 Å². The number of aldehydes is 1. The van der Waals surface area contributed by atoms with Crippen LogP contribution < -0.4 is 5.32 Å². The Labute approximate surface area is 92.7 Å². The molecule has 0 aliphatic heterocycles. The van der Waals surface area contributed by atoms with E-state index in [1.54, 1.807) is 6.92 Å². The van der Waals surface area contributed by atoms with Crippen LogP contribution in [-0.4, -0.2) is 63.6 Å². The van der Waals surface area contributed by atoms with E-state index in [0.29, 0.717) is 0 Å². The third-order valence-corrected chi connectivity index (χ3v) is 2.09. The van der Waals surface area contributed by atoms with Crippen LogP contribution in [-0.2, 0) is 9.59 Å². The summed E-state index contributed by atoms with van der Waals surface area (Å²) in [5, 5.41) is 38.5. The van der Waals surface area contributed by atoms with Gasteiger partial charge in [0.25, 0.3) is 0 Å². The summed E-state index contributed by atoms with van der Waals surface area (Å²) >= 11 is 0. The maximum atomic E-state index is 11.0. The number of hydrogen-bond donors (Lipinski definition) is 5. The van der Waals surface area contributed by atoms with E-state index < -0.39 is 36.9 Å². The first-order valence-electron chi connectivity index (χ1n) is 4.87. The second-order valence-electron chi connectivity index (χ2n) is 3.31. The molecule has 94 valence electrons. The zero-order chi connectivity index (χ0) is 12.7. The minimum atomic E-state index is -1.71. The fraction of sp³-hybridized carbons (Fsp3) is 0.778. The molecule has 16 heavy (non-hydrogen) atoms. The summed E-state index contributed by atoms with van der Waals surface area (Å²) < 4.78 is 0. The van der Waals surface area contributed by atoms with Gasteiger partial charge in [-0.25, -0.2) is 0 Å². The quantitative estimate of drug-likeness (QED) is 0.302. The molecule has 0 aliphatic rings. The van der Waals surface area contributed by atoms with Crippen LogP contribution in [0.3, 0.4) is 0 Å². The zero-order valence-corrected chi connectivity index (χ0v) is 8.91. The van der Waals surface area contributed by atoms with Crippen LogP contribution >= 0.6 is 0 Å². The molecule has 0 rings (SSSR count). The summed E-state index contributed by atoms with van der Waals surface area (Å²) in [6.45, 7) is 0.800. The average molecular weight is 235 g/mol. The Balaban J connectivity index is 4.45. The number of nitrogens with one attached hydrogen (secondary N) is 1. The molecular formula is C9H17NO6. The van der Waals surface area contributed by atoms with Crippen molar-refractivity contribution in [3.05, 3.63) is 0 Å². The Morgan fingerprint density at radius 3 is 2.25 bits per heavy atom. The summed E-state index contributed by atoms with van der Waals surface area (Å²) in [5.74, 6) is -0.471. The first-order valence-corrected chi connectivity index (χ1v) is 4.87. The van der Waals surface area contributed by atoms with Gasteiger partial charge in [0.1, 0.15) is 30.6 Å². The predicted molar refractivity (Wildman–Crippen MR) is 53.4 cm³/mol. The van der Waals surface area contributed by atoms with Crippen LogP contribution in [0.25, 0.3) is 0 Å². The monoisotopic (exact) mass is 235 g/mol. The minimum absolute atomic E-state index is 0.121. The van der Waals surface area contributed by atoms with Gasteiger partial charge in [0.15, 0.2) is 0 Å². The van der Waals surface area contributed by atoms with Crippen LogP contribution in [0.5, 0.6) is 0 Å². The van der Waals surface area contributed by atoms with Crippen molar-refractivity contribution < 1.29 is 30.0 Å². The number of hydrogen-bond acceptors (Lipinski definition) is 6. The molecule has 0 fully saturated rings. The van der Waals surface area contributed by atoms with Gasteiger partial charge in [-0.3, -0.25) is 4.79 Å². The molecule has 0 bridgehead atoms. The summed E-state index contributed by atoms with van der Waals surface area (Å²) in [4.78, 5) is 21.6. The number of aliphatic hydroxyl groups excluding tert-OH is 4. The smallest absolute Gasteiger partial charge is 0.220 e. The van der Waals surface area contributed by atoms with Gasteiger partial charge >= 0.3 is 0 Å². The molecule has 0 saturated carbocycles. The molecule has 0 aliphatic carbocycles. The lowest BCUT2D eigenvalue weighted by Crippen LogP contribution is -2.53. The number of amides is 1. The molecular weight excluding hydrogens is 218 g/mol. The van der Waals surface area contributed by atoms with E-state index in [0.717, 1.165) is 0 Å². The Kier molecular flexibility index (Phi) is 6.82. The molecule has 0 radical (unpaired) electrons. The normalized spacial score (nSPS) is 18.3. The first kappa shape index (κ1) is 15.0. The van der Waals surface area contributed by atoms with Gasteiger partial charge in [0, 0.05) is 6.42 Å². The van der Waals surface area contributed by atoms with Crippen molar-refractivity contribution in [3.8, 4) is 0 Å². The van der Waals surface area contributed by atoms with Crippen molar-refractivity contribution in [2.45, 2.75) is 37.7 Å². The van der Waals surface area contributed by atoms with Crippen molar-refractivity contribution in [1.82, 2.24) is 5.32 Å². The van der Waals surface area contributed by atoms with Crippen LogP contribution in [0.2, 0.25) is 0 Å². The SMILES string of the molecule is CCC(=O)NC(C=O)C(O)C(O)C(O)CO. The van der Waals surface area contributed by atoms with Gasteiger partial charge in [-0.15, -0.1) is 0 Å². The summed E-state index contributed by atoms with van der Waals surface area (Å²) in [5.41, 5.74) is 0. The molecule has 4 unspecified atom stereocenters. The predicted octanol–water partition coefficient (Wildman–Crippen LogP) is -2.84. The molecule has 0 spiro atoms. The van der Waals surface area contributed by atoms with Gasteiger partial charge in [-0.1, -0.05) is 6.92 Å². The topological polar surface area (TPSA) is 127 Å². The highest BCUT2D eigenvalue weighted by Crippen LogP contribution is 2.04. The van der Waals surface area contributed by atoms with Gasteiger partial charge < -0.3 is 30.5 Å². The molecule has 7 nitrogen and oxygen atoms in total. The van der Waals surface area contributed by atoms with E-state index in [2.05, 4.69) is 5.32 Å². The largest absolute Gasteiger partial charge is 0.394 e. The molecule has 0 aromatic carbocycles. The number of carbonyl (C=O) groups excluding carboxylic acids is 2. The van der Waals surface area contributed by atoms with Crippen molar-refractivity contribution in [2.75, 3.05) is 6.61 Å². The molecule has 5 N–H and O–H groups in total. The maximum Gasteiger partial charge on any atom is 0.220 e. The number of carbonyl (C=O) groups is 2. The Morgan fingerprint density at radius 2 is 1.88 bits per heavy atom. The fourth-order valence-corrected chi connectivity index (χ4v) is 1.04. The molecule has 4 atom stereocenters. The molecule has 0 aromatic rings. The van der Waals surface area contributed by atoms with Gasteiger partial charge in [0.2, 0.25) is 5.91 Å². The first-order chi connectivity index (χ1) is 7.47. The highest BCUT2D eigenvalue weighted by atomic mass is 16.4. The van der Waals surface area contributed by atoms with Crippen LogP contribution in [0, 0.1) is 0 Å². The highest BCUT2D eigenvalue weighted by molar-refractivity contribution is 5.79. The van der Waals surface area contributed by atoms with Crippen molar-refractivity contribution in [1.29, 1.82) is 0 Å². The summed E-state index contributed by atoms with van der Waals surface area (Å²) in [6.07, 6.45) is -4.58. The molecule has 0 aromatic heterocycles. The van der Waals surface area contributed by atoms with Crippen LogP contribution in [0.4, 0.5) is 0 Å². The second-order valence-corrected chi connectivity index (χ2v) is 3.31. The third-order valence-electron chi connectivity index (χ3n) is 2.09. The molecule has 1 amide bonds. The van der Waals surface area contributed by atoms with Crippen LogP contribution in [0.15, 0.2) is 0 Å². The standard InChI is InChI=1S/C9H17NO6/c1-2-7(14)10-5(3-11)8(15)9(16)6(13)4-12/h3,5-6,8-9,12-13,15-16H,2,4H2,1H3,(H,10,14). The molecule has 0 saturated heterocycles. The van der Waals surface area contributed by atoms with Gasteiger partial charge in [-0.05, 0) is 0 Å². The van der Waals surface area contributed by atoms with Gasteiger partial charge in [0.05, 0.1) is 6.61 Å². The van der Waals surface area contributed by atoms with Gasteiger partial charge in [-0.2, -0.15) is 0 Å². The molecule has 0 heterocycles. The second kappa shape index (κ2) is 7.29. The maximum absolute atomic E-state index is 11.0. The van der Waals surface area contributed by atoms with E-state index in [1.165, 1.54) is 0 Å². The van der Waals surface area contributed by atoms with Crippen molar-refractivity contribution >= 4 is 12.2 Å². The summed E-state index contributed by atoms with van der Waals surface area (Å²) in [7, 11) is 0. The van der Waals surface area contributed by atoms with E-state index in [9.17, 15) is 19.8 Å². The zero-order valence-electron chi connectivity index (χ0n) is 8.91. The van der Waals surface area contributed by atoms with E-state index in [4.69, 9.17) is 10.2 Å². The highest BCUT2D eigenvalue weighted by Gasteiger charge is 2.31. The number of rotatable bonds is 7. The average Bonchev–Trinajstić information content (AvgIpc) is 2.32. The lowest BCUT2D eigenvalue weighted by atomic mass is 10.0. The van der Waals surface area contributed by atoms with E-state index >= 15 is 0 Å². The van der Waals surface area contributed by atoms with Crippen LogP contribution in [0.1, 0.15) is 13.3 Å². The lowest BCUT2D eigenvalue weighted by Gasteiger charge is -2.26. The number of aliphatic hydroxyl groups is 4. The minimum Gasteiger partial charge on any atom is -0.394 e. The van der Waals surface area contributed by atoms with Crippen molar-refractivity contribution in [2.24, 2.45) is 0 Å². The Hall–Kier alpha value is -1.02. The molecule has 7 heteroatoms. The Morgan fingerprint density at radius 1 is 1.31 bits per heavy atom. The third kappa shape index (κ3) is 4.23. The fourth-order valence-electron chi connectivity index (χ4n) is 1.04.